The first-order chi connectivity index (χ1) is 7.69. The maximum atomic E-state index is 11.8. The Morgan fingerprint density at radius 1 is 1.19 bits per heavy atom. The van der Waals surface area contributed by atoms with Crippen molar-refractivity contribution >= 4 is 0 Å². The molecule has 2 N–H and O–H groups in total. The van der Waals surface area contributed by atoms with Crippen LogP contribution in [0.4, 0.5) is 0 Å². The molecule has 0 aromatic heterocycles. The van der Waals surface area contributed by atoms with Crippen molar-refractivity contribution in [3.05, 3.63) is 22.6 Å². The zero-order valence-electron chi connectivity index (χ0n) is 9.51. The summed E-state index contributed by atoms with van der Waals surface area (Å²) in [5.41, 5.74) is 0. The molecule has 2 rings (SSSR count). The second kappa shape index (κ2) is 4.79. The molecule has 0 aliphatic heterocycles. The maximum Gasteiger partial charge on any atom is 0.179 e. The van der Waals surface area contributed by atoms with Gasteiger partial charge in [-0.05, 0) is 13.3 Å². The Bertz CT molecular complexity index is 274. The van der Waals surface area contributed by atoms with E-state index in [9.17, 15) is 10.4 Å². The molecule has 6 atom stereocenters. The zero-order valence-corrected chi connectivity index (χ0v) is 9.51. The Kier molecular flexibility index (Phi) is 3.58. The van der Waals surface area contributed by atoms with E-state index in [0.29, 0.717) is 6.61 Å². The number of quaternary nitrogens is 2. The van der Waals surface area contributed by atoms with E-state index in [1.165, 1.54) is 7.11 Å². The predicted molar refractivity (Wildman–Crippen MR) is 55.6 cm³/mol. The molecule has 2 aliphatic rings. The Hall–Kier alpha value is -0.500. The van der Waals surface area contributed by atoms with E-state index < -0.39 is 0 Å². The third kappa shape index (κ3) is 1.88. The first-order valence-electron chi connectivity index (χ1n) is 5.61. The van der Waals surface area contributed by atoms with Crippen molar-refractivity contribution in [2.75, 3.05) is 13.7 Å². The molecule has 2 bridgehead atoms. The first kappa shape index (κ1) is 12.0. The summed E-state index contributed by atoms with van der Waals surface area (Å²) < 4.78 is 0. The summed E-state index contributed by atoms with van der Waals surface area (Å²) in [5, 5.41) is 22.9. The topological polar surface area (TPSA) is 73.5 Å². The van der Waals surface area contributed by atoms with Gasteiger partial charge >= 0.3 is 0 Å². The van der Waals surface area contributed by atoms with Gasteiger partial charge in [0, 0.05) is 11.8 Å². The van der Waals surface area contributed by atoms with E-state index in [0.717, 1.165) is 6.42 Å². The molecular formula is C10H18N2O4. The largest absolute Gasteiger partial charge is 0.599 e. The summed E-state index contributed by atoms with van der Waals surface area (Å²) in [7, 11) is 1.36. The molecule has 92 valence electrons. The van der Waals surface area contributed by atoms with E-state index in [1.54, 1.807) is 6.92 Å². The second-order valence-electron chi connectivity index (χ2n) is 4.28. The average Bonchev–Trinajstić information content (AvgIpc) is 2.87. The fourth-order valence-electron chi connectivity index (χ4n) is 2.84. The lowest BCUT2D eigenvalue weighted by Crippen LogP contribution is -3.22. The van der Waals surface area contributed by atoms with E-state index in [4.69, 9.17) is 9.68 Å². The van der Waals surface area contributed by atoms with Crippen molar-refractivity contribution < 1.29 is 20.1 Å². The summed E-state index contributed by atoms with van der Waals surface area (Å²) in [5.74, 6) is 0.292. The molecule has 0 heterocycles. The minimum atomic E-state index is -0.348. The molecule has 6 unspecified atom stereocenters. The van der Waals surface area contributed by atoms with Gasteiger partial charge in [0.1, 0.15) is 6.61 Å². The van der Waals surface area contributed by atoms with Crippen molar-refractivity contribution in [3.63, 3.8) is 0 Å². The van der Waals surface area contributed by atoms with Gasteiger partial charge in [0.25, 0.3) is 0 Å². The van der Waals surface area contributed by atoms with E-state index in [-0.39, 0.29) is 34.4 Å². The smallest absolute Gasteiger partial charge is 0.179 e. The third-order valence-electron chi connectivity index (χ3n) is 3.49. The minimum absolute atomic E-state index is 0.145. The number of hydrogen-bond donors (Lipinski definition) is 2. The molecular weight excluding hydrogens is 212 g/mol. The molecule has 0 radical (unpaired) electrons. The van der Waals surface area contributed by atoms with Gasteiger partial charge in [0.15, 0.2) is 12.1 Å². The fourth-order valence-corrected chi connectivity index (χ4v) is 2.84. The quantitative estimate of drug-likeness (QED) is 0.432. The lowest BCUT2D eigenvalue weighted by Gasteiger charge is -2.37. The van der Waals surface area contributed by atoms with Gasteiger partial charge in [0.2, 0.25) is 0 Å². The Balaban J connectivity index is 2.12. The van der Waals surface area contributed by atoms with Crippen molar-refractivity contribution in [3.8, 4) is 0 Å². The van der Waals surface area contributed by atoms with Crippen LogP contribution < -0.4 is 10.5 Å². The van der Waals surface area contributed by atoms with Crippen molar-refractivity contribution in [2.45, 2.75) is 25.4 Å². The van der Waals surface area contributed by atoms with Gasteiger partial charge in [-0.2, -0.15) is 0 Å². The predicted octanol–water partition coefficient (Wildman–Crippen LogP) is -1.79. The molecule has 2 aliphatic carbocycles. The molecule has 0 saturated heterocycles. The lowest BCUT2D eigenvalue weighted by atomic mass is 9.97. The Labute approximate surface area is 94.5 Å². The first-order valence-corrected chi connectivity index (χ1v) is 5.61. The average molecular weight is 230 g/mol. The van der Waals surface area contributed by atoms with Crippen LogP contribution in [0, 0.1) is 22.3 Å². The molecule has 6 heteroatoms. The highest BCUT2D eigenvalue weighted by Crippen LogP contribution is 2.37. The molecule has 0 spiro atoms. The summed E-state index contributed by atoms with van der Waals surface area (Å²) in [6.45, 7) is 2.12. The molecule has 6 nitrogen and oxygen atoms in total. The van der Waals surface area contributed by atoms with Crippen molar-refractivity contribution in [1.29, 1.82) is 0 Å². The number of fused-ring (bicyclic) bond motifs is 2. The monoisotopic (exact) mass is 230 g/mol. The molecule has 0 aromatic rings. The fraction of sp³-hybridized carbons (Fsp3) is 0.800. The van der Waals surface area contributed by atoms with Crippen LogP contribution in [-0.2, 0) is 9.68 Å². The van der Waals surface area contributed by atoms with Crippen LogP contribution in [-0.4, -0.2) is 25.8 Å². The third-order valence-corrected chi connectivity index (χ3v) is 3.49. The van der Waals surface area contributed by atoms with Crippen molar-refractivity contribution in [1.82, 2.24) is 0 Å². The molecule has 0 amide bonds. The normalized spacial score (nSPS) is 40.2. The minimum Gasteiger partial charge on any atom is -0.599 e. The van der Waals surface area contributed by atoms with Crippen LogP contribution in [0.5, 0.6) is 0 Å². The molecule has 1 fully saturated rings. The van der Waals surface area contributed by atoms with E-state index in [1.807, 2.05) is 12.2 Å². The Morgan fingerprint density at radius 2 is 1.75 bits per heavy atom. The molecule has 1 saturated carbocycles. The van der Waals surface area contributed by atoms with Crippen molar-refractivity contribution in [2.24, 2.45) is 11.8 Å². The van der Waals surface area contributed by atoms with E-state index in [2.05, 4.69) is 0 Å². The van der Waals surface area contributed by atoms with Gasteiger partial charge in [0.05, 0.1) is 7.11 Å². The standard InChI is InChI=1S/C10H18N2O4/c1-3-16-12(14)10-8-5-4-7(6-8)9(10)11(13)15-2/h4-5,7-12H,3,6H2,1-2H3. The zero-order chi connectivity index (χ0) is 11.7. The van der Waals surface area contributed by atoms with Gasteiger partial charge in [-0.3, -0.25) is 0 Å². The van der Waals surface area contributed by atoms with Gasteiger partial charge in [-0.15, -0.1) is 0 Å². The highest BCUT2D eigenvalue weighted by molar-refractivity contribution is 5.14. The van der Waals surface area contributed by atoms with Crippen LogP contribution in [0.15, 0.2) is 12.2 Å². The number of hydroxylamine groups is 4. The van der Waals surface area contributed by atoms with Crippen LogP contribution in [0.25, 0.3) is 0 Å². The maximum absolute atomic E-state index is 11.8. The van der Waals surface area contributed by atoms with Crippen LogP contribution in [0.3, 0.4) is 0 Å². The summed E-state index contributed by atoms with van der Waals surface area (Å²) >= 11 is 0. The highest BCUT2D eigenvalue weighted by Gasteiger charge is 2.54. The molecule has 16 heavy (non-hydrogen) atoms. The summed E-state index contributed by atoms with van der Waals surface area (Å²) in [4.78, 5) is 9.79. The van der Waals surface area contributed by atoms with Crippen LogP contribution in [0.1, 0.15) is 13.3 Å². The van der Waals surface area contributed by atoms with Gasteiger partial charge in [-0.25, -0.2) is 20.1 Å². The number of rotatable bonds is 5. The second-order valence-corrected chi connectivity index (χ2v) is 4.28. The number of nitrogens with one attached hydrogen (secondary N) is 2. The van der Waals surface area contributed by atoms with E-state index >= 15 is 0 Å². The SMILES string of the molecule is CCO[NH+]([O-])C1C2C=CC(C2)C1[NH+]([O-])OC. The summed E-state index contributed by atoms with van der Waals surface area (Å²) in [6, 6.07) is -0.693. The lowest BCUT2D eigenvalue weighted by molar-refractivity contribution is -1.13. The summed E-state index contributed by atoms with van der Waals surface area (Å²) in [6.07, 6.45) is 4.90. The number of hydrogen-bond acceptors (Lipinski definition) is 4. The van der Waals surface area contributed by atoms with Crippen LogP contribution in [0.2, 0.25) is 0 Å². The van der Waals surface area contributed by atoms with Gasteiger partial charge < -0.3 is 10.4 Å². The van der Waals surface area contributed by atoms with Gasteiger partial charge in [-0.1, -0.05) is 12.2 Å². The highest BCUT2D eigenvalue weighted by atomic mass is 16.9. The molecule has 0 aromatic carbocycles. The van der Waals surface area contributed by atoms with Crippen LogP contribution >= 0.6 is 0 Å². The Morgan fingerprint density at radius 3 is 2.25 bits per heavy atom.